The van der Waals surface area contributed by atoms with Crippen LogP contribution in [0, 0.1) is 0 Å². The van der Waals surface area contributed by atoms with Gasteiger partial charge in [0.2, 0.25) is 0 Å². The highest BCUT2D eigenvalue weighted by Crippen LogP contribution is 2.31. The highest BCUT2D eigenvalue weighted by atomic mass is 35.5. The Balaban J connectivity index is 1.53. The number of aliphatic imine (C=N–C) groups is 1. The highest BCUT2D eigenvalue weighted by molar-refractivity contribution is 6.32. The van der Waals surface area contributed by atoms with Gasteiger partial charge >= 0.3 is 6.36 Å². The van der Waals surface area contributed by atoms with E-state index in [-0.39, 0.29) is 11.6 Å². The molecule has 0 fully saturated rings. The molecule has 0 aliphatic rings. The van der Waals surface area contributed by atoms with Gasteiger partial charge in [-0.25, -0.2) is 0 Å². The summed E-state index contributed by atoms with van der Waals surface area (Å²) >= 11 is 5.82. The molecular weight excluding hydrogens is 395 g/mol. The van der Waals surface area contributed by atoms with Gasteiger partial charge in [-0.1, -0.05) is 17.7 Å². The molecule has 0 saturated carbocycles. The summed E-state index contributed by atoms with van der Waals surface area (Å²) in [6, 6.07) is 14.9. The Morgan fingerprint density at radius 2 is 1.86 bits per heavy atom. The van der Waals surface area contributed by atoms with Crippen LogP contribution in [0.15, 0.2) is 70.3 Å². The number of halogens is 4. The van der Waals surface area contributed by atoms with E-state index < -0.39 is 12.1 Å². The van der Waals surface area contributed by atoms with Crippen LogP contribution < -0.4 is 9.47 Å². The summed E-state index contributed by atoms with van der Waals surface area (Å²) in [6.45, 7) is 0.609. The van der Waals surface area contributed by atoms with E-state index in [1.54, 1.807) is 30.7 Å². The minimum atomic E-state index is -4.79. The van der Waals surface area contributed by atoms with Crippen molar-refractivity contribution < 1.29 is 27.1 Å². The van der Waals surface area contributed by atoms with Crippen LogP contribution in [-0.2, 0) is 13.2 Å². The Bertz CT molecular complexity index is 923. The van der Waals surface area contributed by atoms with Gasteiger partial charge in [0.1, 0.15) is 23.9 Å². The Morgan fingerprint density at radius 1 is 1.07 bits per heavy atom. The van der Waals surface area contributed by atoms with E-state index in [2.05, 4.69) is 9.73 Å². The maximum absolute atomic E-state index is 12.3. The molecule has 0 aliphatic carbocycles. The SMILES string of the molecule is FC(F)(F)Oc1ccc(COc2ccc(/C=N\Cc3ccco3)cc2)cc1Cl. The van der Waals surface area contributed by atoms with Gasteiger partial charge in [0, 0.05) is 6.21 Å². The van der Waals surface area contributed by atoms with Crippen molar-refractivity contribution in [3.63, 3.8) is 0 Å². The number of hydrogen-bond acceptors (Lipinski definition) is 4. The summed E-state index contributed by atoms with van der Waals surface area (Å²) in [5, 5.41) is -0.137. The van der Waals surface area contributed by atoms with Crippen molar-refractivity contribution in [3.8, 4) is 11.5 Å². The summed E-state index contributed by atoms with van der Waals surface area (Å²) in [5.41, 5.74) is 1.51. The third kappa shape index (κ3) is 6.06. The summed E-state index contributed by atoms with van der Waals surface area (Å²) in [6.07, 6.45) is -1.46. The molecule has 1 aromatic heterocycles. The molecule has 0 N–H and O–H groups in total. The molecule has 0 spiro atoms. The van der Waals surface area contributed by atoms with Crippen molar-refractivity contribution in [1.29, 1.82) is 0 Å². The molecule has 0 amide bonds. The van der Waals surface area contributed by atoms with Crippen LogP contribution in [0.5, 0.6) is 11.5 Å². The number of ether oxygens (including phenoxy) is 2. The zero-order valence-electron chi connectivity index (χ0n) is 14.4. The fraction of sp³-hybridized carbons (Fsp3) is 0.150. The second kappa shape index (κ2) is 8.84. The summed E-state index contributed by atoms with van der Waals surface area (Å²) in [5.74, 6) is 0.938. The minimum Gasteiger partial charge on any atom is -0.489 e. The lowest BCUT2D eigenvalue weighted by Gasteiger charge is -2.12. The largest absolute Gasteiger partial charge is 0.573 e. The van der Waals surface area contributed by atoms with E-state index in [9.17, 15) is 13.2 Å². The first kappa shape index (κ1) is 19.8. The second-order valence-corrected chi connectivity index (χ2v) is 6.13. The van der Waals surface area contributed by atoms with E-state index in [0.717, 1.165) is 17.4 Å². The molecule has 3 aromatic rings. The summed E-state index contributed by atoms with van der Waals surface area (Å²) < 4.78 is 51.4. The molecule has 0 atom stereocenters. The molecule has 8 heteroatoms. The molecule has 28 heavy (non-hydrogen) atoms. The van der Waals surface area contributed by atoms with Crippen molar-refractivity contribution in [2.24, 2.45) is 4.99 Å². The van der Waals surface area contributed by atoms with Crippen LogP contribution in [0.2, 0.25) is 5.02 Å². The van der Waals surface area contributed by atoms with Gasteiger partial charge < -0.3 is 13.9 Å². The molecule has 1 heterocycles. The fourth-order valence-electron chi connectivity index (χ4n) is 2.30. The van der Waals surface area contributed by atoms with Crippen LogP contribution in [-0.4, -0.2) is 12.6 Å². The van der Waals surface area contributed by atoms with Crippen LogP contribution in [0.4, 0.5) is 13.2 Å². The third-order valence-electron chi connectivity index (χ3n) is 3.58. The highest BCUT2D eigenvalue weighted by Gasteiger charge is 2.32. The Labute approximate surface area is 164 Å². The van der Waals surface area contributed by atoms with E-state index in [4.69, 9.17) is 20.8 Å². The molecule has 0 aliphatic heterocycles. The van der Waals surface area contributed by atoms with E-state index in [0.29, 0.717) is 17.9 Å². The first-order valence-electron chi connectivity index (χ1n) is 8.18. The topological polar surface area (TPSA) is 44.0 Å². The molecule has 0 radical (unpaired) electrons. The zero-order valence-corrected chi connectivity index (χ0v) is 15.2. The predicted octanol–water partition coefficient (Wildman–Crippen LogP) is 6.03. The molecule has 0 bridgehead atoms. The second-order valence-electron chi connectivity index (χ2n) is 5.72. The average Bonchev–Trinajstić information content (AvgIpc) is 3.16. The minimum absolute atomic E-state index is 0.137. The molecule has 3 rings (SSSR count). The zero-order chi connectivity index (χ0) is 20.0. The van der Waals surface area contributed by atoms with Gasteiger partial charge in [-0.3, -0.25) is 4.99 Å². The molecule has 0 saturated heterocycles. The van der Waals surface area contributed by atoms with Gasteiger partial charge in [-0.2, -0.15) is 0 Å². The van der Waals surface area contributed by atoms with Gasteiger partial charge in [-0.05, 0) is 59.7 Å². The van der Waals surface area contributed by atoms with Gasteiger partial charge in [0.25, 0.3) is 0 Å². The number of furan rings is 1. The Hall–Kier alpha value is -2.93. The fourth-order valence-corrected chi connectivity index (χ4v) is 2.54. The number of benzene rings is 2. The van der Waals surface area contributed by atoms with Crippen molar-refractivity contribution in [2.75, 3.05) is 0 Å². The van der Waals surface area contributed by atoms with Crippen LogP contribution in [0.3, 0.4) is 0 Å². The van der Waals surface area contributed by atoms with Crippen molar-refractivity contribution in [3.05, 3.63) is 82.8 Å². The number of rotatable bonds is 7. The van der Waals surface area contributed by atoms with Crippen LogP contribution in [0.25, 0.3) is 0 Å². The smallest absolute Gasteiger partial charge is 0.489 e. The third-order valence-corrected chi connectivity index (χ3v) is 3.87. The van der Waals surface area contributed by atoms with Gasteiger partial charge in [-0.15, -0.1) is 13.2 Å². The van der Waals surface area contributed by atoms with Crippen molar-refractivity contribution in [1.82, 2.24) is 0 Å². The van der Waals surface area contributed by atoms with Crippen molar-refractivity contribution in [2.45, 2.75) is 19.5 Å². The number of alkyl halides is 3. The lowest BCUT2D eigenvalue weighted by Crippen LogP contribution is -2.17. The number of nitrogens with zero attached hydrogens (tertiary/aromatic N) is 1. The lowest BCUT2D eigenvalue weighted by atomic mass is 10.2. The standard InChI is InChI=1S/C20H15ClF3NO3/c21-18-10-15(5-8-19(18)28-20(22,23)24)13-27-16-6-3-14(4-7-16)11-25-12-17-2-1-9-26-17/h1-11H,12-13H2/b25-11-. The maximum atomic E-state index is 12.3. The molecule has 146 valence electrons. The maximum Gasteiger partial charge on any atom is 0.573 e. The molecular formula is C20H15ClF3NO3. The first-order chi connectivity index (χ1) is 13.4. The number of hydrogen-bond donors (Lipinski definition) is 0. The van der Waals surface area contributed by atoms with E-state index in [1.807, 2.05) is 18.2 Å². The first-order valence-corrected chi connectivity index (χ1v) is 8.56. The molecule has 0 unspecified atom stereocenters. The quantitative estimate of drug-likeness (QED) is 0.447. The van der Waals surface area contributed by atoms with Crippen LogP contribution in [0.1, 0.15) is 16.9 Å². The lowest BCUT2D eigenvalue weighted by molar-refractivity contribution is -0.274. The summed E-state index contributed by atoms with van der Waals surface area (Å²) in [4.78, 5) is 4.28. The van der Waals surface area contributed by atoms with Crippen LogP contribution >= 0.6 is 11.6 Å². The molecule has 4 nitrogen and oxygen atoms in total. The average molecular weight is 410 g/mol. The van der Waals surface area contributed by atoms with E-state index in [1.165, 1.54) is 12.1 Å². The summed E-state index contributed by atoms with van der Waals surface area (Å²) in [7, 11) is 0. The van der Waals surface area contributed by atoms with Gasteiger partial charge in [0.15, 0.2) is 0 Å². The monoisotopic (exact) mass is 409 g/mol. The van der Waals surface area contributed by atoms with Crippen molar-refractivity contribution >= 4 is 17.8 Å². The normalized spacial score (nSPS) is 11.7. The Morgan fingerprint density at radius 3 is 2.50 bits per heavy atom. The van der Waals surface area contributed by atoms with Gasteiger partial charge in [0.05, 0.1) is 17.8 Å². The van der Waals surface area contributed by atoms with E-state index >= 15 is 0 Å². The predicted molar refractivity (Wildman–Crippen MR) is 98.9 cm³/mol. The Kier molecular flexibility index (Phi) is 6.26. The molecule has 2 aromatic carbocycles.